The van der Waals surface area contributed by atoms with E-state index in [1.165, 1.54) is 6.08 Å². The van der Waals surface area contributed by atoms with Gasteiger partial charge >= 0.3 is 0 Å². The number of amides is 1. The van der Waals surface area contributed by atoms with Crippen LogP contribution >= 0.6 is 0 Å². The summed E-state index contributed by atoms with van der Waals surface area (Å²) in [6.07, 6.45) is 3.13. The summed E-state index contributed by atoms with van der Waals surface area (Å²) in [6, 6.07) is 21.3. The van der Waals surface area contributed by atoms with E-state index >= 15 is 0 Å². The van der Waals surface area contributed by atoms with E-state index in [9.17, 15) is 4.79 Å². The molecule has 0 aliphatic carbocycles. The van der Waals surface area contributed by atoms with E-state index in [4.69, 9.17) is 4.42 Å². The van der Waals surface area contributed by atoms with E-state index in [0.717, 1.165) is 22.6 Å². The lowest BCUT2D eigenvalue weighted by Gasteiger charge is -2.01. The SMILES string of the molecule is Cc1ccc(NC(=O)/C=C/c2ccc(-c3ccccc3)o2)cc1. The second kappa shape index (κ2) is 6.79. The Kier molecular flexibility index (Phi) is 4.39. The van der Waals surface area contributed by atoms with Crippen molar-refractivity contribution in [2.45, 2.75) is 6.92 Å². The summed E-state index contributed by atoms with van der Waals surface area (Å²) in [6.45, 7) is 2.01. The van der Waals surface area contributed by atoms with Crippen molar-refractivity contribution < 1.29 is 9.21 Å². The molecule has 0 fully saturated rings. The fourth-order valence-electron chi connectivity index (χ4n) is 2.18. The number of hydrogen-bond acceptors (Lipinski definition) is 2. The van der Waals surface area contributed by atoms with Crippen LogP contribution in [0.3, 0.4) is 0 Å². The average molecular weight is 303 g/mol. The zero-order chi connectivity index (χ0) is 16.1. The molecule has 0 atom stereocenters. The highest BCUT2D eigenvalue weighted by Crippen LogP contribution is 2.22. The Balaban J connectivity index is 1.65. The van der Waals surface area contributed by atoms with Gasteiger partial charge in [-0.2, -0.15) is 0 Å². The number of hydrogen-bond donors (Lipinski definition) is 1. The van der Waals surface area contributed by atoms with Crippen LogP contribution in [0.15, 0.2) is 77.2 Å². The van der Waals surface area contributed by atoms with E-state index in [2.05, 4.69) is 5.32 Å². The highest BCUT2D eigenvalue weighted by atomic mass is 16.3. The summed E-state index contributed by atoms with van der Waals surface area (Å²) in [5.41, 5.74) is 2.94. The second-order valence-corrected chi connectivity index (χ2v) is 5.26. The minimum absolute atomic E-state index is 0.188. The van der Waals surface area contributed by atoms with Gasteiger partial charge < -0.3 is 9.73 Å². The summed E-state index contributed by atoms with van der Waals surface area (Å²) >= 11 is 0. The Morgan fingerprint density at radius 3 is 2.43 bits per heavy atom. The van der Waals surface area contributed by atoms with Crippen LogP contribution in [0.4, 0.5) is 5.69 Å². The maximum absolute atomic E-state index is 11.9. The van der Waals surface area contributed by atoms with Gasteiger partial charge in [-0.15, -0.1) is 0 Å². The van der Waals surface area contributed by atoms with Crippen molar-refractivity contribution in [3.05, 3.63) is 84.1 Å². The quantitative estimate of drug-likeness (QED) is 0.696. The smallest absolute Gasteiger partial charge is 0.248 e. The Hall–Kier alpha value is -3.07. The number of carbonyl (C=O) groups is 1. The molecule has 1 N–H and O–H groups in total. The first-order chi connectivity index (χ1) is 11.2. The monoisotopic (exact) mass is 303 g/mol. The molecule has 0 spiro atoms. The molecule has 1 amide bonds. The van der Waals surface area contributed by atoms with Crippen LogP contribution < -0.4 is 5.32 Å². The number of rotatable bonds is 4. The molecule has 0 unspecified atom stereocenters. The Morgan fingerprint density at radius 2 is 1.70 bits per heavy atom. The number of furan rings is 1. The zero-order valence-corrected chi connectivity index (χ0v) is 12.8. The average Bonchev–Trinajstić information content (AvgIpc) is 3.05. The first kappa shape index (κ1) is 14.9. The van der Waals surface area contributed by atoms with Gasteiger partial charge in [-0.3, -0.25) is 4.79 Å². The van der Waals surface area contributed by atoms with Crippen LogP contribution in [-0.2, 0) is 4.79 Å². The van der Waals surface area contributed by atoms with Crippen LogP contribution in [0, 0.1) is 6.92 Å². The van der Waals surface area contributed by atoms with Gasteiger partial charge in [-0.05, 0) is 37.3 Å². The first-order valence-electron chi connectivity index (χ1n) is 7.42. The Labute approximate surface area is 135 Å². The summed E-state index contributed by atoms with van der Waals surface area (Å²) in [5.74, 6) is 1.23. The molecule has 0 aliphatic heterocycles. The van der Waals surface area contributed by atoms with E-state index < -0.39 is 0 Å². The second-order valence-electron chi connectivity index (χ2n) is 5.26. The van der Waals surface area contributed by atoms with Gasteiger partial charge in [0.25, 0.3) is 0 Å². The van der Waals surface area contributed by atoms with E-state index in [1.54, 1.807) is 6.08 Å². The Bertz CT molecular complexity index is 814. The zero-order valence-electron chi connectivity index (χ0n) is 12.8. The normalized spacial score (nSPS) is 10.8. The Morgan fingerprint density at radius 1 is 0.957 bits per heavy atom. The van der Waals surface area contributed by atoms with Crippen LogP contribution in [0.1, 0.15) is 11.3 Å². The lowest BCUT2D eigenvalue weighted by Crippen LogP contribution is -2.07. The van der Waals surface area contributed by atoms with E-state index in [1.807, 2.05) is 73.7 Å². The predicted octanol–water partition coefficient (Wildman–Crippen LogP) is 4.91. The van der Waals surface area contributed by atoms with Crippen LogP contribution in [0.2, 0.25) is 0 Å². The molecule has 1 heterocycles. The van der Waals surface area contributed by atoms with Crippen molar-refractivity contribution in [3.8, 4) is 11.3 Å². The first-order valence-corrected chi connectivity index (χ1v) is 7.42. The maximum Gasteiger partial charge on any atom is 0.248 e. The number of carbonyl (C=O) groups excluding carboxylic acids is 1. The van der Waals surface area contributed by atoms with Gasteiger partial charge in [-0.25, -0.2) is 0 Å². The van der Waals surface area contributed by atoms with Crippen molar-refractivity contribution in [3.63, 3.8) is 0 Å². The predicted molar refractivity (Wildman–Crippen MR) is 93.0 cm³/mol. The van der Waals surface area contributed by atoms with Gasteiger partial charge in [0.1, 0.15) is 11.5 Å². The van der Waals surface area contributed by atoms with Crippen LogP contribution in [-0.4, -0.2) is 5.91 Å². The van der Waals surface area contributed by atoms with Crippen LogP contribution in [0.25, 0.3) is 17.4 Å². The summed E-state index contributed by atoms with van der Waals surface area (Å²) < 4.78 is 5.72. The lowest BCUT2D eigenvalue weighted by molar-refractivity contribution is -0.111. The molecule has 0 aliphatic rings. The summed E-state index contributed by atoms with van der Waals surface area (Å²) in [7, 11) is 0. The molecule has 23 heavy (non-hydrogen) atoms. The van der Waals surface area contributed by atoms with Crippen molar-refractivity contribution in [1.29, 1.82) is 0 Å². The molecule has 3 aromatic rings. The van der Waals surface area contributed by atoms with Crippen molar-refractivity contribution in [1.82, 2.24) is 0 Å². The minimum atomic E-state index is -0.188. The van der Waals surface area contributed by atoms with Crippen molar-refractivity contribution in [2.75, 3.05) is 5.32 Å². The molecule has 114 valence electrons. The molecule has 1 aromatic heterocycles. The third-order valence-electron chi connectivity index (χ3n) is 3.40. The molecule has 2 aromatic carbocycles. The summed E-state index contributed by atoms with van der Waals surface area (Å²) in [4.78, 5) is 11.9. The van der Waals surface area contributed by atoms with Crippen LogP contribution in [0.5, 0.6) is 0 Å². The molecule has 0 saturated heterocycles. The third kappa shape index (κ3) is 3.98. The fraction of sp³-hybridized carbons (Fsp3) is 0.0500. The van der Waals surface area contributed by atoms with E-state index in [0.29, 0.717) is 5.76 Å². The molecule has 3 nitrogen and oxygen atoms in total. The van der Waals surface area contributed by atoms with Crippen molar-refractivity contribution >= 4 is 17.7 Å². The topological polar surface area (TPSA) is 42.2 Å². The molecule has 0 bridgehead atoms. The maximum atomic E-state index is 11.9. The molecule has 0 radical (unpaired) electrons. The molecular formula is C20H17NO2. The van der Waals surface area contributed by atoms with Gasteiger partial charge in [-0.1, -0.05) is 48.0 Å². The van der Waals surface area contributed by atoms with Gasteiger partial charge in [0, 0.05) is 17.3 Å². The molecular weight excluding hydrogens is 286 g/mol. The highest BCUT2D eigenvalue weighted by molar-refractivity contribution is 6.01. The van der Waals surface area contributed by atoms with Gasteiger partial charge in [0.05, 0.1) is 0 Å². The molecule has 0 saturated carbocycles. The highest BCUT2D eigenvalue weighted by Gasteiger charge is 2.03. The van der Waals surface area contributed by atoms with Gasteiger partial charge in [0.2, 0.25) is 5.91 Å². The lowest BCUT2D eigenvalue weighted by atomic mass is 10.2. The number of benzene rings is 2. The fourth-order valence-corrected chi connectivity index (χ4v) is 2.18. The minimum Gasteiger partial charge on any atom is -0.457 e. The molecule has 3 heteroatoms. The molecule has 3 rings (SSSR count). The standard InChI is InChI=1S/C20H17NO2/c1-15-7-9-17(10-8-15)21-20(22)14-12-18-11-13-19(23-18)16-5-3-2-4-6-16/h2-14H,1H3,(H,21,22)/b14-12+. The number of aryl methyl sites for hydroxylation is 1. The number of anilines is 1. The third-order valence-corrected chi connectivity index (χ3v) is 3.40. The van der Waals surface area contributed by atoms with Gasteiger partial charge in [0.15, 0.2) is 0 Å². The largest absolute Gasteiger partial charge is 0.457 e. The van der Waals surface area contributed by atoms with Crippen molar-refractivity contribution in [2.24, 2.45) is 0 Å². The van der Waals surface area contributed by atoms with E-state index in [-0.39, 0.29) is 5.91 Å². The number of nitrogens with one attached hydrogen (secondary N) is 1. The summed E-state index contributed by atoms with van der Waals surface area (Å²) in [5, 5.41) is 2.81.